The van der Waals surface area contributed by atoms with E-state index >= 15 is 0 Å². The van der Waals surface area contributed by atoms with Crippen LogP contribution >= 0.6 is 0 Å². The van der Waals surface area contributed by atoms with Gasteiger partial charge < -0.3 is 15.0 Å². The number of pyridine rings is 1. The summed E-state index contributed by atoms with van der Waals surface area (Å²) in [5, 5.41) is 3.80. The fourth-order valence-corrected chi connectivity index (χ4v) is 1.25. The average molecular weight is 220 g/mol. The number of ether oxygens (including phenoxy) is 1. The van der Waals surface area contributed by atoms with E-state index in [0.717, 1.165) is 5.56 Å². The average Bonchev–Trinajstić information content (AvgIpc) is 2.80. The molecule has 0 aliphatic carbocycles. The molecule has 0 saturated heterocycles. The molecule has 1 unspecified atom stereocenters. The SMILES string of the molecule is COCC(N)c1noc(-c2ccncc2)n1. The first kappa shape index (κ1) is 10.7. The molecule has 2 N–H and O–H groups in total. The maximum Gasteiger partial charge on any atom is 0.258 e. The van der Waals surface area contributed by atoms with Crippen molar-refractivity contribution in [1.29, 1.82) is 0 Å². The number of methoxy groups -OCH3 is 1. The third-order valence-electron chi connectivity index (χ3n) is 2.05. The van der Waals surface area contributed by atoms with Crippen molar-refractivity contribution >= 4 is 0 Å². The van der Waals surface area contributed by atoms with E-state index < -0.39 is 0 Å². The molecular formula is C10H12N4O2. The highest BCUT2D eigenvalue weighted by molar-refractivity contribution is 5.51. The predicted molar refractivity (Wildman–Crippen MR) is 56.3 cm³/mol. The van der Waals surface area contributed by atoms with Gasteiger partial charge in [0.15, 0.2) is 5.82 Å². The Bertz CT molecular complexity index is 443. The number of hydrogen-bond acceptors (Lipinski definition) is 6. The molecule has 0 aliphatic heterocycles. The summed E-state index contributed by atoms with van der Waals surface area (Å²) in [5.41, 5.74) is 6.59. The molecule has 2 rings (SSSR count). The molecule has 6 nitrogen and oxygen atoms in total. The van der Waals surface area contributed by atoms with Crippen LogP contribution in [0.1, 0.15) is 11.9 Å². The minimum Gasteiger partial charge on any atom is -0.383 e. The zero-order valence-corrected chi connectivity index (χ0v) is 8.83. The first-order chi connectivity index (χ1) is 7.81. The van der Waals surface area contributed by atoms with Crippen molar-refractivity contribution in [2.24, 2.45) is 5.73 Å². The Morgan fingerprint density at radius 2 is 2.19 bits per heavy atom. The van der Waals surface area contributed by atoms with Gasteiger partial charge in [-0.05, 0) is 12.1 Å². The maximum atomic E-state index is 5.77. The lowest BCUT2D eigenvalue weighted by Crippen LogP contribution is -2.17. The third kappa shape index (κ3) is 2.23. The monoisotopic (exact) mass is 220 g/mol. The number of nitrogens with two attached hydrogens (primary N) is 1. The van der Waals surface area contributed by atoms with Crippen molar-refractivity contribution in [3.8, 4) is 11.5 Å². The van der Waals surface area contributed by atoms with E-state index in [-0.39, 0.29) is 6.04 Å². The third-order valence-corrected chi connectivity index (χ3v) is 2.05. The van der Waals surface area contributed by atoms with Gasteiger partial charge in [-0.25, -0.2) is 0 Å². The fraction of sp³-hybridized carbons (Fsp3) is 0.300. The zero-order valence-electron chi connectivity index (χ0n) is 8.83. The minimum atomic E-state index is -0.371. The summed E-state index contributed by atoms with van der Waals surface area (Å²) in [5.74, 6) is 0.873. The molecule has 0 aromatic carbocycles. The Kier molecular flexibility index (Phi) is 3.23. The fourth-order valence-electron chi connectivity index (χ4n) is 1.25. The molecule has 2 aromatic heterocycles. The van der Waals surface area contributed by atoms with Gasteiger partial charge in [-0.3, -0.25) is 4.98 Å². The second-order valence-corrected chi connectivity index (χ2v) is 3.26. The van der Waals surface area contributed by atoms with E-state index in [4.69, 9.17) is 15.0 Å². The number of rotatable bonds is 4. The van der Waals surface area contributed by atoms with Gasteiger partial charge in [0.05, 0.1) is 12.6 Å². The molecule has 0 spiro atoms. The smallest absolute Gasteiger partial charge is 0.258 e. The molecule has 2 heterocycles. The molecular weight excluding hydrogens is 208 g/mol. The van der Waals surface area contributed by atoms with E-state index in [1.165, 1.54) is 0 Å². The van der Waals surface area contributed by atoms with Crippen molar-refractivity contribution in [3.63, 3.8) is 0 Å². The van der Waals surface area contributed by atoms with Crippen molar-refractivity contribution in [2.75, 3.05) is 13.7 Å². The van der Waals surface area contributed by atoms with Gasteiger partial charge in [0.2, 0.25) is 0 Å². The van der Waals surface area contributed by atoms with Crippen LogP contribution in [0.4, 0.5) is 0 Å². The van der Waals surface area contributed by atoms with Crippen LogP contribution in [0.15, 0.2) is 29.0 Å². The van der Waals surface area contributed by atoms with Gasteiger partial charge >= 0.3 is 0 Å². The van der Waals surface area contributed by atoms with E-state index in [1.807, 2.05) is 0 Å². The van der Waals surface area contributed by atoms with Crippen LogP contribution < -0.4 is 5.73 Å². The predicted octanol–water partition coefficient (Wildman–Crippen LogP) is 0.778. The van der Waals surface area contributed by atoms with Gasteiger partial charge in [-0.1, -0.05) is 5.16 Å². The summed E-state index contributed by atoms with van der Waals surface area (Å²) in [6.07, 6.45) is 3.32. The van der Waals surface area contributed by atoms with Gasteiger partial charge in [-0.15, -0.1) is 0 Å². The molecule has 2 aromatic rings. The van der Waals surface area contributed by atoms with E-state index in [0.29, 0.717) is 18.3 Å². The molecule has 0 fully saturated rings. The van der Waals surface area contributed by atoms with E-state index in [1.54, 1.807) is 31.6 Å². The van der Waals surface area contributed by atoms with Crippen molar-refractivity contribution < 1.29 is 9.26 Å². The van der Waals surface area contributed by atoms with Gasteiger partial charge in [0.25, 0.3) is 5.89 Å². The lowest BCUT2D eigenvalue weighted by Gasteiger charge is -2.03. The van der Waals surface area contributed by atoms with Crippen LogP contribution in [0.25, 0.3) is 11.5 Å². The van der Waals surface area contributed by atoms with Crippen LogP contribution in [0.2, 0.25) is 0 Å². The van der Waals surface area contributed by atoms with Crippen molar-refractivity contribution in [3.05, 3.63) is 30.4 Å². The quantitative estimate of drug-likeness (QED) is 0.819. The second-order valence-electron chi connectivity index (χ2n) is 3.26. The molecule has 16 heavy (non-hydrogen) atoms. The highest BCUT2D eigenvalue weighted by Gasteiger charge is 2.14. The van der Waals surface area contributed by atoms with Crippen molar-refractivity contribution in [1.82, 2.24) is 15.1 Å². The molecule has 84 valence electrons. The van der Waals surface area contributed by atoms with E-state index in [2.05, 4.69) is 15.1 Å². The lowest BCUT2D eigenvalue weighted by atomic mass is 10.2. The first-order valence-electron chi connectivity index (χ1n) is 4.80. The highest BCUT2D eigenvalue weighted by atomic mass is 16.5. The Labute approximate surface area is 92.4 Å². The minimum absolute atomic E-state index is 0.356. The molecule has 0 bridgehead atoms. The molecule has 0 aliphatic rings. The number of nitrogens with zero attached hydrogens (tertiary/aromatic N) is 3. The molecule has 0 amide bonds. The Morgan fingerprint density at radius 1 is 1.44 bits per heavy atom. The Morgan fingerprint density at radius 3 is 2.88 bits per heavy atom. The topological polar surface area (TPSA) is 87.1 Å². The largest absolute Gasteiger partial charge is 0.383 e. The summed E-state index contributed by atoms with van der Waals surface area (Å²) < 4.78 is 10.0. The van der Waals surface area contributed by atoms with Crippen molar-refractivity contribution in [2.45, 2.75) is 6.04 Å². The van der Waals surface area contributed by atoms with Gasteiger partial charge in [0, 0.05) is 25.1 Å². The second kappa shape index (κ2) is 4.82. The molecule has 0 saturated carbocycles. The van der Waals surface area contributed by atoms with Gasteiger partial charge in [0.1, 0.15) is 0 Å². The standard InChI is InChI=1S/C10H12N4O2/c1-15-6-8(11)9-13-10(16-14-9)7-2-4-12-5-3-7/h2-5,8H,6,11H2,1H3. The summed E-state index contributed by atoms with van der Waals surface area (Å²) >= 11 is 0. The molecule has 0 radical (unpaired) electrons. The van der Waals surface area contributed by atoms with Crippen LogP contribution in [0, 0.1) is 0 Å². The Hall–Kier alpha value is -1.79. The van der Waals surface area contributed by atoms with Crippen LogP contribution in [0.5, 0.6) is 0 Å². The lowest BCUT2D eigenvalue weighted by molar-refractivity contribution is 0.177. The summed E-state index contributed by atoms with van der Waals surface area (Å²) in [6, 6.07) is 3.21. The summed E-state index contributed by atoms with van der Waals surface area (Å²) in [6.45, 7) is 0.356. The number of hydrogen-bond donors (Lipinski definition) is 1. The van der Waals surface area contributed by atoms with Crippen LogP contribution in [-0.2, 0) is 4.74 Å². The zero-order chi connectivity index (χ0) is 11.4. The molecule has 1 atom stereocenters. The van der Waals surface area contributed by atoms with E-state index in [9.17, 15) is 0 Å². The highest BCUT2D eigenvalue weighted by Crippen LogP contribution is 2.17. The normalized spacial score (nSPS) is 12.6. The summed E-state index contributed by atoms with van der Waals surface area (Å²) in [7, 11) is 1.57. The molecule has 6 heteroatoms. The number of aromatic nitrogens is 3. The van der Waals surface area contributed by atoms with Crippen LogP contribution in [0.3, 0.4) is 0 Å². The summed E-state index contributed by atoms with van der Waals surface area (Å²) in [4.78, 5) is 8.10. The van der Waals surface area contributed by atoms with Gasteiger partial charge in [-0.2, -0.15) is 4.98 Å². The Balaban J connectivity index is 2.20. The maximum absolute atomic E-state index is 5.77. The van der Waals surface area contributed by atoms with Crippen LogP contribution in [-0.4, -0.2) is 28.8 Å². The first-order valence-corrected chi connectivity index (χ1v) is 4.80.